The van der Waals surface area contributed by atoms with Gasteiger partial charge in [-0.1, -0.05) is 5.16 Å². The first-order valence-corrected chi connectivity index (χ1v) is 8.51. The molecule has 0 unspecified atom stereocenters. The first-order valence-electron chi connectivity index (χ1n) is 8.51. The summed E-state index contributed by atoms with van der Waals surface area (Å²) in [6.45, 7) is 5.73. The minimum Gasteiger partial charge on any atom is -0.361 e. The number of aryl methyl sites for hydroxylation is 2. The van der Waals surface area contributed by atoms with Gasteiger partial charge >= 0.3 is 0 Å². The number of nitrogens with zero attached hydrogens (tertiary/aromatic N) is 3. The van der Waals surface area contributed by atoms with Crippen LogP contribution in [0, 0.1) is 13.8 Å². The number of hydrogen-bond acceptors (Lipinski definition) is 5. The lowest BCUT2D eigenvalue weighted by molar-refractivity contribution is -0.127. The number of carbonyl (C=O) groups excluding carboxylic acids is 2. The van der Waals surface area contributed by atoms with Crippen LogP contribution in [0.5, 0.6) is 0 Å². The fourth-order valence-corrected chi connectivity index (χ4v) is 3.07. The molecule has 1 saturated heterocycles. The SMILES string of the molecule is Cc1noc(C)c1-c1cc(C(=O)NCCCN2CCCC2=O)ccn1. The Hall–Kier alpha value is -2.70. The third kappa shape index (κ3) is 3.87. The molecule has 1 aliphatic heterocycles. The van der Waals surface area contributed by atoms with Crippen LogP contribution in [-0.4, -0.2) is 46.5 Å². The monoisotopic (exact) mass is 342 g/mol. The van der Waals surface area contributed by atoms with E-state index in [9.17, 15) is 9.59 Å². The Morgan fingerprint density at radius 1 is 1.40 bits per heavy atom. The van der Waals surface area contributed by atoms with Crippen LogP contribution < -0.4 is 5.32 Å². The molecule has 0 saturated carbocycles. The molecule has 2 aromatic rings. The van der Waals surface area contributed by atoms with Crippen LogP contribution in [0.15, 0.2) is 22.9 Å². The van der Waals surface area contributed by atoms with Crippen molar-refractivity contribution in [2.75, 3.05) is 19.6 Å². The van der Waals surface area contributed by atoms with Crippen molar-refractivity contribution >= 4 is 11.8 Å². The van der Waals surface area contributed by atoms with Crippen LogP contribution in [0.1, 0.15) is 41.1 Å². The van der Waals surface area contributed by atoms with Gasteiger partial charge in [-0.3, -0.25) is 14.6 Å². The second-order valence-corrected chi connectivity index (χ2v) is 6.22. The summed E-state index contributed by atoms with van der Waals surface area (Å²) in [5, 5.41) is 6.82. The summed E-state index contributed by atoms with van der Waals surface area (Å²) < 4.78 is 5.16. The van der Waals surface area contributed by atoms with Crippen molar-refractivity contribution in [1.82, 2.24) is 20.4 Å². The van der Waals surface area contributed by atoms with E-state index in [1.807, 2.05) is 18.7 Å². The Morgan fingerprint density at radius 3 is 2.92 bits per heavy atom. The number of rotatable bonds is 6. The zero-order chi connectivity index (χ0) is 17.8. The molecule has 25 heavy (non-hydrogen) atoms. The molecule has 2 aromatic heterocycles. The number of carbonyl (C=O) groups is 2. The lowest BCUT2D eigenvalue weighted by Crippen LogP contribution is -2.30. The van der Waals surface area contributed by atoms with Gasteiger partial charge in [0.25, 0.3) is 5.91 Å². The van der Waals surface area contributed by atoms with Crippen molar-refractivity contribution in [3.63, 3.8) is 0 Å². The fraction of sp³-hybridized carbons (Fsp3) is 0.444. The number of aromatic nitrogens is 2. The predicted molar refractivity (Wildman–Crippen MR) is 92.0 cm³/mol. The Balaban J connectivity index is 1.57. The van der Waals surface area contributed by atoms with E-state index in [4.69, 9.17) is 4.52 Å². The first kappa shape index (κ1) is 17.1. The molecule has 2 amide bonds. The van der Waals surface area contributed by atoms with Crippen LogP contribution in [0.25, 0.3) is 11.3 Å². The van der Waals surface area contributed by atoms with Crippen molar-refractivity contribution in [1.29, 1.82) is 0 Å². The molecule has 7 nitrogen and oxygen atoms in total. The highest BCUT2D eigenvalue weighted by Crippen LogP contribution is 2.25. The highest BCUT2D eigenvalue weighted by atomic mass is 16.5. The predicted octanol–water partition coefficient (Wildman–Crippen LogP) is 2.10. The summed E-state index contributed by atoms with van der Waals surface area (Å²) in [6, 6.07) is 3.42. The zero-order valence-corrected chi connectivity index (χ0v) is 14.5. The Bertz CT molecular complexity index is 765. The molecule has 1 fully saturated rings. The van der Waals surface area contributed by atoms with Gasteiger partial charge in [0.05, 0.1) is 17.0 Å². The van der Waals surface area contributed by atoms with Crippen LogP contribution in [0.3, 0.4) is 0 Å². The van der Waals surface area contributed by atoms with Gasteiger partial charge in [-0.15, -0.1) is 0 Å². The molecular formula is C18H22N4O3. The van der Waals surface area contributed by atoms with Crippen molar-refractivity contribution < 1.29 is 14.1 Å². The zero-order valence-electron chi connectivity index (χ0n) is 14.5. The van der Waals surface area contributed by atoms with E-state index >= 15 is 0 Å². The molecule has 1 N–H and O–H groups in total. The first-order chi connectivity index (χ1) is 12.1. The van der Waals surface area contributed by atoms with E-state index in [-0.39, 0.29) is 11.8 Å². The maximum Gasteiger partial charge on any atom is 0.251 e. The second-order valence-electron chi connectivity index (χ2n) is 6.22. The molecule has 7 heteroatoms. The van der Waals surface area contributed by atoms with Crippen LogP contribution in [0.4, 0.5) is 0 Å². The minimum atomic E-state index is -0.150. The molecule has 3 heterocycles. The fourth-order valence-electron chi connectivity index (χ4n) is 3.07. The molecule has 132 valence electrons. The number of likely N-dealkylation sites (tertiary alicyclic amines) is 1. The van der Waals surface area contributed by atoms with Gasteiger partial charge < -0.3 is 14.7 Å². The van der Waals surface area contributed by atoms with Crippen molar-refractivity contribution in [2.45, 2.75) is 33.1 Å². The van der Waals surface area contributed by atoms with E-state index in [2.05, 4.69) is 15.5 Å². The normalized spacial score (nSPS) is 14.2. The van der Waals surface area contributed by atoms with Gasteiger partial charge in [-0.05, 0) is 38.8 Å². The van der Waals surface area contributed by atoms with Crippen LogP contribution in [0.2, 0.25) is 0 Å². The van der Waals surface area contributed by atoms with E-state index < -0.39 is 0 Å². The molecule has 0 radical (unpaired) electrons. The van der Waals surface area contributed by atoms with Crippen molar-refractivity contribution in [2.24, 2.45) is 0 Å². The van der Waals surface area contributed by atoms with E-state index in [1.54, 1.807) is 18.3 Å². The van der Waals surface area contributed by atoms with Crippen molar-refractivity contribution in [3.05, 3.63) is 35.3 Å². The molecule has 0 spiro atoms. The third-order valence-electron chi connectivity index (χ3n) is 4.37. The second kappa shape index (κ2) is 7.46. The summed E-state index contributed by atoms with van der Waals surface area (Å²) in [7, 11) is 0. The average molecular weight is 342 g/mol. The minimum absolute atomic E-state index is 0.150. The number of amides is 2. The van der Waals surface area contributed by atoms with Gasteiger partial charge in [0.1, 0.15) is 5.76 Å². The summed E-state index contributed by atoms with van der Waals surface area (Å²) in [6.07, 6.45) is 3.94. The summed E-state index contributed by atoms with van der Waals surface area (Å²) in [5.41, 5.74) is 2.79. The summed E-state index contributed by atoms with van der Waals surface area (Å²) in [4.78, 5) is 30.1. The highest BCUT2D eigenvalue weighted by molar-refractivity contribution is 5.95. The summed E-state index contributed by atoms with van der Waals surface area (Å²) >= 11 is 0. The molecular weight excluding hydrogens is 320 g/mol. The highest BCUT2D eigenvalue weighted by Gasteiger charge is 2.19. The topological polar surface area (TPSA) is 88.3 Å². The molecule has 0 aliphatic carbocycles. The Morgan fingerprint density at radius 2 is 2.24 bits per heavy atom. The third-order valence-corrected chi connectivity index (χ3v) is 4.37. The standard InChI is InChI=1S/C18H22N4O3/c1-12-17(13(2)25-21-12)15-11-14(6-8-19-15)18(24)20-7-4-10-22-9-3-5-16(22)23/h6,8,11H,3-5,7,9-10H2,1-2H3,(H,20,24). The lowest BCUT2D eigenvalue weighted by Gasteiger charge is -2.15. The van der Waals surface area contributed by atoms with E-state index in [1.165, 1.54) is 0 Å². The lowest BCUT2D eigenvalue weighted by atomic mass is 10.1. The smallest absolute Gasteiger partial charge is 0.251 e. The Labute approximate surface area is 146 Å². The Kier molecular flexibility index (Phi) is 5.11. The maximum atomic E-state index is 12.3. The maximum absolute atomic E-state index is 12.3. The molecule has 3 rings (SSSR count). The summed E-state index contributed by atoms with van der Waals surface area (Å²) in [5.74, 6) is 0.741. The van der Waals surface area contributed by atoms with Crippen LogP contribution in [-0.2, 0) is 4.79 Å². The van der Waals surface area contributed by atoms with Gasteiger partial charge in [-0.25, -0.2) is 0 Å². The van der Waals surface area contributed by atoms with Gasteiger partial charge in [0, 0.05) is 37.8 Å². The average Bonchev–Trinajstić information content (AvgIpc) is 3.17. The van der Waals surface area contributed by atoms with Crippen LogP contribution >= 0.6 is 0 Å². The largest absolute Gasteiger partial charge is 0.361 e. The molecule has 0 atom stereocenters. The van der Waals surface area contributed by atoms with Gasteiger partial charge in [0.2, 0.25) is 5.91 Å². The van der Waals surface area contributed by atoms with Gasteiger partial charge in [-0.2, -0.15) is 0 Å². The molecule has 0 bridgehead atoms. The number of pyridine rings is 1. The molecule has 0 aromatic carbocycles. The molecule has 1 aliphatic rings. The van der Waals surface area contributed by atoms with E-state index in [0.29, 0.717) is 36.5 Å². The van der Waals surface area contributed by atoms with Crippen molar-refractivity contribution in [3.8, 4) is 11.3 Å². The number of hydrogen-bond donors (Lipinski definition) is 1. The van der Waals surface area contributed by atoms with E-state index in [0.717, 1.165) is 30.6 Å². The quantitative estimate of drug-likeness (QED) is 0.812. The number of nitrogens with one attached hydrogen (secondary N) is 1. The van der Waals surface area contributed by atoms with Gasteiger partial charge in [0.15, 0.2) is 0 Å².